The first-order valence-corrected chi connectivity index (χ1v) is 8.04. The molecule has 0 spiro atoms. The molecule has 0 amide bonds. The fraction of sp³-hybridized carbons (Fsp3) is 0.667. The Bertz CT molecular complexity index is 453. The number of nitrogen functional groups attached to an aromatic ring is 1. The van der Waals surface area contributed by atoms with Crippen molar-refractivity contribution in [1.82, 2.24) is 0 Å². The highest BCUT2D eigenvalue weighted by Gasteiger charge is 2.22. The highest BCUT2D eigenvalue weighted by molar-refractivity contribution is 7.19. The molecule has 0 aliphatic heterocycles. The van der Waals surface area contributed by atoms with Crippen LogP contribution in [0.15, 0.2) is 0 Å². The molecule has 20 heavy (non-hydrogen) atoms. The minimum atomic E-state index is 0.0297. The summed E-state index contributed by atoms with van der Waals surface area (Å²) in [6.45, 7) is 11.0. The molecule has 0 saturated carbocycles. The normalized spacial score (nSPS) is 11.2. The molecular formula is C15H26N2O2S. The number of ketones is 1. The Hall–Kier alpha value is -1.23. The van der Waals surface area contributed by atoms with Crippen LogP contribution in [-0.4, -0.2) is 18.4 Å². The molecule has 0 unspecified atom stereocenters. The molecule has 5 heteroatoms. The lowest BCUT2D eigenvalue weighted by Crippen LogP contribution is -2.10. The number of carbonyl (C=O) groups excluding carboxylic acids is 1. The van der Waals surface area contributed by atoms with Crippen molar-refractivity contribution in [3.8, 4) is 5.75 Å². The monoisotopic (exact) mass is 298 g/mol. The van der Waals surface area contributed by atoms with Gasteiger partial charge in [0.1, 0.15) is 5.00 Å². The maximum absolute atomic E-state index is 11.9. The van der Waals surface area contributed by atoms with E-state index in [1.165, 1.54) is 11.3 Å². The maximum atomic E-state index is 11.9. The van der Waals surface area contributed by atoms with E-state index in [-0.39, 0.29) is 11.9 Å². The molecule has 114 valence electrons. The van der Waals surface area contributed by atoms with Crippen molar-refractivity contribution >= 4 is 27.8 Å². The van der Waals surface area contributed by atoms with Gasteiger partial charge in [-0.05, 0) is 26.2 Å². The van der Waals surface area contributed by atoms with Gasteiger partial charge in [-0.2, -0.15) is 0 Å². The van der Waals surface area contributed by atoms with E-state index in [0.29, 0.717) is 28.7 Å². The first kappa shape index (κ1) is 16.8. The van der Waals surface area contributed by atoms with Gasteiger partial charge in [0.25, 0.3) is 0 Å². The van der Waals surface area contributed by atoms with Crippen LogP contribution in [0, 0.1) is 5.92 Å². The van der Waals surface area contributed by atoms with Crippen molar-refractivity contribution in [2.24, 2.45) is 5.92 Å². The summed E-state index contributed by atoms with van der Waals surface area (Å²) in [7, 11) is 0. The van der Waals surface area contributed by atoms with Crippen molar-refractivity contribution in [3.63, 3.8) is 0 Å². The second kappa shape index (κ2) is 7.53. The molecule has 1 heterocycles. The number of ether oxygens (including phenoxy) is 1. The summed E-state index contributed by atoms with van der Waals surface area (Å²) >= 11 is 1.40. The van der Waals surface area contributed by atoms with E-state index in [4.69, 9.17) is 10.5 Å². The van der Waals surface area contributed by atoms with Crippen LogP contribution in [-0.2, 0) is 0 Å². The molecule has 0 aliphatic rings. The van der Waals surface area contributed by atoms with Gasteiger partial charge in [-0.1, -0.05) is 20.8 Å². The molecule has 0 saturated heterocycles. The quantitative estimate of drug-likeness (QED) is 0.707. The van der Waals surface area contributed by atoms with Gasteiger partial charge in [0.15, 0.2) is 11.5 Å². The van der Waals surface area contributed by atoms with Crippen LogP contribution in [0.2, 0.25) is 0 Å². The second-order valence-corrected chi connectivity index (χ2v) is 6.58. The molecule has 1 aromatic heterocycles. The molecule has 0 fully saturated rings. The first-order valence-electron chi connectivity index (χ1n) is 7.22. The van der Waals surface area contributed by atoms with Crippen LogP contribution < -0.4 is 15.8 Å². The van der Waals surface area contributed by atoms with Gasteiger partial charge in [-0.15, -0.1) is 11.3 Å². The zero-order chi connectivity index (χ0) is 15.3. The van der Waals surface area contributed by atoms with Crippen molar-refractivity contribution in [2.75, 3.05) is 17.6 Å². The van der Waals surface area contributed by atoms with Crippen molar-refractivity contribution in [1.29, 1.82) is 0 Å². The van der Waals surface area contributed by atoms with Gasteiger partial charge >= 0.3 is 0 Å². The molecule has 0 aliphatic carbocycles. The highest BCUT2D eigenvalue weighted by atomic mass is 32.1. The fourth-order valence-electron chi connectivity index (χ4n) is 1.74. The summed E-state index contributed by atoms with van der Waals surface area (Å²) in [5.74, 6) is 1.33. The van der Waals surface area contributed by atoms with Crippen molar-refractivity contribution in [3.05, 3.63) is 4.88 Å². The smallest absolute Gasteiger partial charge is 0.177 e. The Labute approximate surface area is 125 Å². The van der Waals surface area contributed by atoms with Gasteiger partial charge in [0, 0.05) is 13.0 Å². The number of Topliss-reactive ketones (excluding diaryl/α,β-unsaturated/α-hetero) is 1. The van der Waals surface area contributed by atoms with E-state index in [1.54, 1.807) is 0 Å². The molecule has 0 aromatic carbocycles. The van der Waals surface area contributed by atoms with Crippen LogP contribution in [0.1, 0.15) is 57.1 Å². The number of hydrogen-bond acceptors (Lipinski definition) is 5. The minimum Gasteiger partial charge on any atom is -0.486 e. The topological polar surface area (TPSA) is 64.3 Å². The minimum absolute atomic E-state index is 0.0297. The van der Waals surface area contributed by atoms with E-state index in [1.807, 2.05) is 20.8 Å². The van der Waals surface area contributed by atoms with Gasteiger partial charge < -0.3 is 15.8 Å². The van der Waals surface area contributed by atoms with E-state index < -0.39 is 0 Å². The first-order chi connectivity index (χ1) is 9.36. The van der Waals surface area contributed by atoms with Crippen LogP contribution in [0.25, 0.3) is 0 Å². The van der Waals surface area contributed by atoms with Crippen LogP contribution in [0.5, 0.6) is 5.75 Å². The largest absolute Gasteiger partial charge is 0.486 e. The molecule has 0 bridgehead atoms. The van der Waals surface area contributed by atoms with Crippen LogP contribution in [0.4, 0.5) is 10.7 Å². The Morgan fingerprint density at radius 2 is 2.00 bits per heavy atom. The van der Waals surface area contributed by atoms with E-state index in [9.17, 15) is 4.79 Å². The lowest BCUT2D eigenvalue weighted by Gasteiger charge is -2.13. The Morgan fingerprint density at radius 3 is 2.50 bits per heavy atom. The lowest BCUT2D eigenvalue weighted by atomic mass is 10.1. The zero-order valence-electron chi connectivity index (χ0n) is 13.1. The molecule has 0 atom stereocenters. The zero-order valence-corrected chi connectivity index (χ0v) is 13.9. The number of thiophene rings is 1. The standard InChI is InChI=1S/C15H26N2O2S/c1-6-11(18)14-12(16)13(19-10(4)5)15(20-14)17-8-7-9(2)3/h9-10,17H,6-8,16H2,1-5H3. The van der Waals surface area contributed by atoms with Crippen LogP contribution in [0.3, 0.4) is 0 Å². The third kappa shape index (κ3) is 4.40. The predicted molar refractivity (Wildman–Crippen MR) is 87.1 cm³/mol. The average molecular weight is 298 g/mol. The number of nitrogens with one attached hydrogen (secondary N) is 1. The second-order valence-electron chi connectivity index (χ2n) is 5.56. The van der Waals surface area contributed by atoms with E-state index in [0.717, 1.165) is 18.0 Å². The molecule has 1 rings (SSSR count). The van der Waals surface area contributed by atoms with E-state index >= 15 is 0 Å². The van der Waals surface area contributed by atoms with Crippen molar-refractivity contribution in [2.45, 2.75) is 53.6 Å². The third-order valence-electron chi connectivity index (χ3n) is 2.83. The Kier molecular flexibility index (Phi) is 6.33. The molecular weight excluding hydrogens is 272 g/mol. The van der Waals surface area contributed by atoms with Gasteiger partial charge in [0.2, 0.25) is 0 Å². The van der Waals surface area contributed by atoms with Crippen LogP contribution >= 0.6 is 11.3 Å². The van der Waals surface area contributed by atoms with Crippen molar-refractivity contribution < 1.29 is 9.53 Å². The summed E-state index contributed by atoms with van der Waals surface area (Å²) in [4.78, 5) is 12.5. The summed E-state index contributed by atoms with van der Waals surface area (Å²) < 4.78 is 5.78. The number of rotatable bonds is 8. The summed E-state index contributed by atoms with van der Waals surface area (Å²) in [6.07, 6.45) is 1.55. The Morgan fingerprint density at radius 1 is 1.35 bits per heavy atom. The number of carbonyl (C=O) groups is 1. The molecule has 1 aromatic rings. The fourth-order valence-corrected chi connectivity index (χ4v) is 2.83. The summed E-state index contributed by atoms with van der Waals surface area (Å²) in [5.41, 5.74) is 6.56. The highest BCUT2D eigenvalue weighted by Crippen LogP contribution is 2.43. The summed E-state index contributed by atoms with van der Waals surface area (Å²) in [6, 6.07) is 0. The van der Waals surface area contributed by atoms with E-state index in [2.05, 4.69) is 19.2 Å². The molecule has 3 N–H and O–H groups in total. The number of nitrogens with two attached hydrogens (primary N) is 1. The SMILES string of the molecule is CCC(=O)c1sc(NCCC(C)C)c(OC(C)C)c1N. The lowest BCUT2D eigenvalue weighted by molar-refractivity contribution is 0.0992. The summed E-state index contributed by atoms with van der Waals surface area (Å²) in [5, 5.41) is 4.22. The molecule has 4 nitrogen and oxygen atoms in total. The maximum Gasteiger partial charge on any atom is 0.177 e. The number of hydrogen-bond donors (Lipinski definition) is 2. The predicted octanol–water partition coefficient (Wildman–Crippen LogP) is 4.17. The van der Waals surface area contributed by atoms with Gasteiger partial charge in [-0.3, -0.25) is 4.79 Å². The molecule has 0 radical (unpaired) electrons. The average Bonchev–Trinajstić information content (AvgIpc) is 2.66. The third-order valence-corrected chi connectivity index (χ3v) is 4.02. The van der Waals surface area contributed by atoms with Gasteiger partial charge in [0.05, 0.1) is 16.7 Å². The van der Waals surface area contributed by atoms with Gasteiger partial charge in [-0.25, -0.2) is 0 Å². The number of anilines is 2. The Balaban J connectivity index is 2.97.